The normalized spacial score (nSPS) is 19.4. The maximum Gasteiger partial charge on any atom is 0.231 e. The number of anilines is 1. The van der Waals surface area contributed by atoms with Gasteiger partial charge in [-0.15, -0.1) is 0 Å². The first-order chi connectivity index (χ1) is 14.0. The van der Waals surface area contributed by atoms with E-state index in [2.05, 4.69) is 12.1 Å². The molecule has 0 aliphatic carbocycles. The van der Waals surface area contributed by atoms with Gasteiger partial charge in [0.1, 0.15) is 0 Å². The molecule has 1 unspecified atom stereocenters. The molecule has 2 atom stereocenters. The lowest BCUT2D eigenvalue weighted by Crippen LogP contribution is -2.44. The number of piperidine rings is 1. The molecule has 4 rings (SSSR count). The predicted octanol–water partition coefficient (Wildman–Crippen LogP) is 7.37. The number of carbonyl (C=O) groups is 1. The van der Waals surface area contributed by atoms with E-state index in [1.165, 1.54) is 5.56 Å². The van der Waals surface area contributed by atoms with Crippen molar-refractivity contribution in [3.63, 3.8) is 0 Å². The zero-order valence-electron chi connectivity index (χ0n) is 15.7. The molecule has 3 aromatic carbocycles. The Kier molecular flexibility index (Phi) is 6.15. The van der Waals surface area contributed by atoms with Crippen molar-refractivity contribution < 1.29 is 4.79 Å². The lowest BCUT2D eigenvalue weighted by atomic mass is 9.84. The Hall–Kier alpha value is -2.00. The van der Waals surface area contributed by atoms with Gasteiger partial charge in [0.25, 0.3) is 0 Å². The van der Waals surface area contributed by atoms with Crippen molar-refractivity contribution in [3.8, 4) is 0 Å². The van der Waals surface area contributed by atoms with E-state index < -0.39 is 0 Å². The molecule has 1 aliphatic heterocycles. The highest BCUT2D eigenvalue weighted by molar-refractivity contribution is 6.35. The highest BCUT2D eigenvalue weighted by Crippen LogP contribution is 2.41. The fourth-order valence-corrected chi connectivity index (χ4v) is 4.69. The second kappa shape index (κ2) is 8.79. The number of hydrogen-bond donors (Lipinski definition) is 0. The van der Waals surface area contributed by atoms with Crippen LogP contribution >= 0.6 is 34.8 Å². The summed E-state index contributed by atoms with van der Waals surface area (Å²) in [6.45, 7) is 0. The van der Waals surface area contributed by atoms with E-state index in [1.54, 1.807) is 6.07 Å². The molecule has 1 fully saturated rings. The van der Waals surface area contributed by atoms with Crippen molar-refractivity contribution in [2.24, 2.45) is 5.92 Å². The summed E-state index contributed by atoms with van der Waals surface area (Å²) in [7, 11) is 0. The first-order valence-electron chi connectivity index (χ1n) is 9.60. The average Bonchev–Trinajstić information content (AvgIpc) is 2.71. The Labute approximate surface area is 186 Å². The summed E-state index contributed by atoms with van der Waals surface area (Å²) >= 11 is 18.7. The van der Waals surface area contributed by atoms with Gasteiger partial charge in [-0.25, -0.2) is 0 Å². The van der Waals surface area contributed by atoms with Crippen LogP contribution in [-0.2, 0) is 11.2 Å². The third kappa shape index (κ3) is 4.45. The molecule has 3 aromatic rings. The first-order valence-corrected chi connectivity index (χ1v) is 10.7. The highest BCUT2D eigenvalue weighted by atomic mass is 35.5. The fraction of sp³-hybridized carbons (Fsp3) is 0.208. The van der Waals surface area contributed by atoms with Crippen molar-refractivity contribution in [1.29, 1.82) is 0 Å². The Bertz CT molecular complexity index is 1000. The Morgan fingerprint density at radius 2 is 1.52 bits per heavy atom. The summed E-state index contributed by atoms with van der Waals surface area (Å²) in [5.41, 5.74) is 2.91. The maximum atomic E-state index is 13.6. The lowest BCUT2D eigenvalue weighted by Gasteiger charge is -2.40. The molecule has 148 valence electrons. The van der Waals surface area contributed by atoms with Crippen LogP contribution in [-0.4, -0.2) is 5.91 Å². The summed E-state index contributed by atoms with van der Waals surface area (Å²) in [5.74, 6) is 0.0360. The first kappa shape index (κ1) is 20.3. The zero-order valence-corrected chi connectivity index (χ0v) is 18.0. The molecule has 0 spiro atoms. The van der Waals surface area contributed by atoms with Crippen LogP contribution in [0.2, 0.25) is 15.1 Å². The largest absolute Gasteiger partial charge is 0.305 e. The molecule has 0 saturated carbocycles. The third-order valence-electron chi connectivity index (χ3n) is 5.44. The van der Waals surface area contributed by atoms with Gasteiger partial charge in [0, 0.05) is 26.7 Å². The van der Waals surface area contributed by atoms with E-state index in [-0.39, 0.29) is 17.9 Å². The number of halogens is 3. The third-order valence-corrected chi connectivity index (χ3v) is 6.25. The van der Waals surface area contributed by atoms with Crippen molar-refractivity contribution in [1.82, 2.24) is 0 Å². The van der Waals surface area contributed by atoms with Crippen LogP contribution in [0.4, 0.5) is 5.69 Å². The predicted molar refractivity (Wildman–Crippen MR) is 121 cm³/mol. The van der Waals surface area contributed by atoms with Crippen LogP contribution in [0, 0.1) is 5.92 Å². The van der Waals surface area contributed by atoms with Crippen molar-refractivity contribution >= 4 is 46.4 Å². The molecule has 0 bridgehead atoms. The molecule has 29 heavy (non-hydrogen) atoms. The van der Waals surface area contributed by atoms with Crippen molar-refractivity contribution in [3.05, 3.63) is 99.0 Å². The van der Waals surface area contributed by atoms with E-state index >= 15 is 0 Å². The summed E-state index contributed by atoms with van der Waals surface area (Å²) in [5, 5.41) is 1.80. The Morgan fingerprint density at radius 3 is 2.21 bits per heavy atom. The molecular formula is C24H20Cl3NO. The summed E-state index contributed by atoms with van der Waals surface area (Å²) in [6.07, 6.45) is 2.36. The molecular weight excluding hydrogens is 425 g/mol. The topological polar surface area (TPSA) is 20.3 Å². The minimum Gasteiger partial charge on any atom is -0.305 e. The molecule has 1 amide bonds. The minimum absolute atomic E-state index is 0.0737. The van der Waals surface area contributed by atoms with Crippen LogP contribution in [0.25, 0.3) is 0 Å². The smallest absolute Gasteiger partial charge is 0.231 e. The van der Waals surface area contributed by atoms with Gasteiger partial charge in [0.15, 0.2) is 0 Å². The molecule has 2 nitrogen and oxygen atoms in total. The van der Waals surface area contributed by atoms with Gasteiger partial charge in [0.2, 0.25) is 5.91 Å². The second-order valence-corrected chi connectivity index (χ2v) is 8.61. The van der Waals surface area contributed by atoms with Gasteiger partial charge in [0.05, 0.1) is 6.04 Å². The quantitative estimate of drug-likeness (QED) is 0.411. The van der Waals surface area contributed by atoms with Gasteiger partial charge in [-0.1, -0.05) is 71.2 Å². The van der Waals surface area contributed by atoms with Crippen molar-refractivity contribution in [2.45, 2.75) is 25.3 Å². The van der Waals surface area contributed by atoms with E-state index in [4.69, 9.17) is 34.8 Å². The van der Waals surface area contributed by atoms with Crippen LogP contribution in [0.3, 0.4) is 0 Å². The molecule has 0 N–H and O–H groups in total. The van der Waals surface area contributed by atoms with E-state index in [1.807, 2.05) is 59.5 Å². The molecule has 0 aromatic heterocycles. The Balaban J connectivity index is 1.70. The van der Waals surface area contributed by atoms with Crippen LogP contribution < -0.4 is 4.90 Å². The number of benzene rings is 3. The Morgan fingerprint density at radius 1 is 0.828 bits per heavy atom. The summed E-state index contributed by atoms with van der Waals surface area (Å²) in [4.78, 5) is 15.5. The number of hydrogen-bond acceptors (Lipinski definition) is 1. The molecule has 1 saturated heterocycles. The van der Waals surface area contributed by atoms with Crippen LogP contribution in [0.1, 0.15) is 30.0 Å². The maximum absolute atomic E-state index is 13.6. The number of nitrogens with zero attached hydrogens (tertiary/aromatic N) is 1. The lowest BCUT2D eigenvalue weighted by molar-refractivity contribution is -0.124. The molecule has 1 heterocycles. The standard InChI is InChI=1S/C24H20Cl3NO/c25-18-7-10-20(11-8-18)28-23(21-12-9-19(26)15-22(21)27)13-6-17(24(28)29)14-16-4-2-1-3-5-16/h1-5,7-12,15,17,23H,6,13-14H2/t17-,23?/m1/s1. The van der Waals surface area contributed by atoms with E-state index in [9.17, 15) is 4.79 Å². The van der Waals surface area contributed by atoms with Gasteiger partial charge >= 0.3 is 0 Å². The van der Waals surface area contributed by atoms with Gasteiger partial charge < -0.3 is 4.90 Å². The SMILES string of the molecule is O=C1[C@@H](Cc2ccccc2)CCC(c2ccc(Cl)cc2Cl)N1c1ccc(Cl)cc1. The molecule has 5 heteroatoms. The van der Waals surface area contributed by atoms with E-state index in [0.29, 0.717) is 15.1 Å². The van der Waals surface area contributed by atoms with Crippen LogP contribution in [0.15, 0.2) is 72.8 Å². The number of amides is 1. The molecule has 0 radical (unpaired) electrons. The van der Waals surface area contributed by atoms with Gasteiger partial charge in [-0.05, 0) is 66.8 Å². The zero-order chi connectivity index (χ0) is 20.4. The second-order valence-electron chi connectivity index (χ2n) is 7.33. The summed E-state index contributed by atoms with van der Waals surface area (Å²) in [6, 6.07) is 22.9. The van der Waals surface area contributed by atoms with Gasteiger partial charge in [-0.3, -0.25) is 4.79 Å². The molecule has 1 aliphatic rings. The monoisotopic (exact) mass is 443 g/mol. The van der Waals surface area contributed by atoms with Gasteiger partial charge in [-0.2, -0.15) is 0 Å². The fourth-order valence-electron chi connectivity index (χ4n) is 4.03. The summed E-state index contributed by atoms with van der Waals surface area (Å²) < 4.78 is 0. The minimum atomic E-state index is -0.138. The highest BCUT2D eigenvalue weighted by Gasteiger charge is 2.37. The van der Waals surface area contributed by atoms with Crippen molar-refractivity contribution in [2.75, 3.05) is 4.90 Å². The van der Waals surface area contributed by atoms with E-state index in [0.717, 1.165) is 30.5 Å². The van der Waals surface area contributed by atoms with Crippen LogP contribution in [0.5, 0.6) is 0 Å². The number of rotatable bonds is 4. The number of carbonyl (C=O) groups excluding carboxylic acids is 1. The average molecular weight is 445 g/mol.